The highest BCUT2D eigenvalue weighted by Gasteiger charge is 2.08. The van der Waals surface area contributed by atoms with Crippen molar-refractivity contribution < 1.29 is 14.5 Å². The lowest BCUT2D eigenvalue weighted by Gasteiger charge is -2.04. The van der Waals surface area contributed by atoms with Crippen molar-refractivity contribution >= 4 is 11.7 Å². The molecule has 5 nitrogen and oxygen atoms in total. The zero-order valence-electron chi connectivity index (χ0n) is 16.1. The first-order valence-electron chi connectivity index (χ1n) is 10.1. The van der Waals surface area contributed by atoms with Crippen LogP contribution in [0.5, 0.6) is 5.75 Å². The van der Waals surface area contributed by atoms with Gasteiger partial charge < -0.3 is 4.74 Å². The van der Waals surface area contributed by atoms with E-state index in [1.54, 1.807) is 0 Å². The molecule has 0 bridgehead atoms. The molecule has 0 saturated heterocycles. The summed E-state index contributed by atoms with van der Waals surface area (Å²) in [6.45, 7) is 2.25. The number of carbonyl (C=O) groups is 1. The summed E-state index contributed by atoms with van der Waals surface area (Å²) in [5, 5.41) is 10.6. The Morgan fingerprint density at radius 2 is 1.31 bits per heavy atom. The average molecular weight is 363 g/mol. The van der Waals surface area contributed by atoms with Gasteiger partial charge in [-0.05, 0) is 18.6 Å². The second kappa shape index (κ2) is 14.3. The minimum absolute atomic E-state index is 0.00856. The van der Waals surface area contributed by atoms with Gasteiger partial charge in [-0.1, -0.05) is 77.6 Å². The fourth-order valence-corrected chi connectivity index (χ4v) is 2.93. The van der Waals surface area contributed by atoms with E-state index in [0.717, 1.165) is 12.8 Å². The number of hydrogen-bond donors (Lipinski definition) is 0. The lowest BCUT2D eigenvalue weighted by atomic mass is 10.0. The van der Waals surface area contributed by atoms with E-state index >= 15 is 0 Å². The van der Waals surface area contributed by atoms with Crippen LogP contribution in [0.25, 0.3) is 0 Å². The average Bonchev–Trinajstić information content (AvgIpc) is 2.63. The van der Waals surface area contributed by atoms with Gasteiger partial charge in [-0.2, -0.15) is 0 Å². The number of rotatable bonds is 15. The molecular formula is C21H33NO4. The van der Waals surface area contributed by atoms with Crippen molar-refractivity contribution in [2.75, 3.05) is 0 Å². The molecule has 0 N–H and O–H groups in total. The van der Waals surface area contributed by atoms with Crippen molar-refractivity contribution in [3.8, 4) is 5.75 Å². The van der Waals surface area contributed by atoms with Gasteiger partial charge in [0, 0.05) is 18.6 Å². The van der Waals surface area contributed by atoms with Crippen molar-refractivity contribution in [3.63, 3.8) is 0 Å². The summed E-state index contributed by atoms with van der Waals surface area (Å²) in [6.07, 6.45) is 15.5. The summed E-state index contributed by atoms with van der Waals surface area (Å²) in [7, 11) is 0. The van der Waals surface area contributed by atoms with Crippen LogP contribution < -0.4 is 4.74 Å². The lowest BCUT2D eigenvalue weighted by Crippen LogP contribution is -2.07. The summed E-state index contributed by atoms with van der Waals surface area (Å²) in [5.74, 6) is 0.0884. The maximum Gasteiger partial charge on any atom is 0.311 e. The molecule has 146 valence electrons. The van der Waals surface area contributed by atoms with E-state index in [1.165, 1.54) is 88.5 Å². The van der Waals surface area contributed by atoms with E-state index < -0.39 is 4.92 Å². The zero-order chi connectivity index (χ0) is 19.0. The first-order chi connectivity index (χ1) is 12.6. The molecule has 0 aliphatic rings. The van der Waals surface area contributed by atoms with E-state index in [1.807, 2.05) is 0 Å². The standard InChI is InChI=1S/C21H33NO4/c1-2-3-4-5-6-7-8-9-10-11-12-13-14-21(23)26-20-17-15-19(16-18-20)22(24)25/h15-18H,2-14H2,1H3. The number of nitrogens with zero attached hydrogens (tertiary/aromatic N) is 1. The molecule has 1 rings (SSSR count). The number of nitro groups is 1. The Hall–Kier alpha value is -1.91. The van der Waals surface area contributed by atoms with Crippen molar-refractivity contribution in [1.29, 1.82) is 0 Å². The topological polar surface area (TPSA) is 69.4 Å². The van der Waals surface area contributed by atoms with E-state index in [9.17, 15) is 14.9 Å². The van der Waals surface area contributed by atoms with Crippen molar-refractivity contribution in [2.24, 2.45) is 0 Å². The molecule has 0 fully saturated rings. The normalized spacial score (nSPS) is 10.7. The van der Waals surface area contributed by atoms with E-state index in [0.29, 0.717) is 12.2 Å². The van der Waals surface area contributed by atoms with Gasteiger partial charge in [-0.3, -0.25) is 14.9 Å². The summed E-state index contributed by atoms with van der Waals surface area (Å²) in [6, 6.07) is 5.59. The highest BCUT2D eigenvalue weighted by atomic mass is 16.6. The Morgan fingerprint density at radius 3 is 1.77 bits per heavy atom. The molecule has 5 heteroatoms. The first-order valence-corrected chi connectivity index (χ1v) is 10.1. The molecule has 1 aromatic carbocycles. The number of non-ortho nitro benzene ring substituents is 1. The van der Waals surface area contributed by atoms with Gasteiger partial charge in [-0.25, -0.2) is 0 Å². The molecule has 0 radical (unpaired) electrons. The minimum Gasteiger partial charge on any atom is -0.427 e. The molecule has 0 unspecified atom stereocenters. The molecule has 0 saturated carbocycles. The third kappa shape index (κ3) is 10.9. The van der Waals surface area contributed by atoms with Gasteiger partial charge in [0.1, 0.15) is 5.75 Å². The van der Waals surface area contributed by atoms with E-state index in [4.69, 9.17) is 4.74 Å². The molecule has 0 atom stereocenters. The van der Waals surface area contributed by atoms with Gasteiger partial charge in [0.05, 0.1) is 4.92 Å². The monoisotopic (exact) mass is 363 g/mol. The number of unbranched alkanes of at least 4 members (excludes halogenated alkanes) is 11. The Bertz CT molecular complexity index is 513. The zero-order valence-corrected chi connectivity index (χ0v) is 16.1. The largest absolute Gasteiger partial charge is 0.427 e. The fraction of sp³-hybridized carbons (Fsp3) is 0.667. The van der Waals surface area contributed by atoms with Gasteiger partial charge in [0.15, 0.2) is 0 Å². The summed E-state index contributed by atoms with van der Waals surface area (Å²) in [5.41, 5.74) is -0.00856. The smallest absolute Gasteiger partial charge is 0.311 e. The Morgan fingerprint density at radius 1 is 0.846 bits per heavy atom. The Balaban J connectivity index is 1.96. The van der Waals surface area contributed by atoms with Crippen LogP contribution in [0, 0.1) is 10.1 Å². The van der Waals surface area contributed by atoms with E-state index in [2.05, 4.69) is 6.92 Å². The van der Waals surface area contributed by atoms with Crippen molar-refractivity contribution in [1.82, 2.24) is 0 Å². The molecule has 0 aliphatic heterocycles. The number of ether oxygens (including phenoxy) is 1. The predicted octanol–water partition coefficient (Wildman–Crippen LogP) is 6.59. The molecule has 0 heterocycles. The number of hydrogen-bond acceptors (Lipinski definition) is 4. The summed E-state index contributed by atoms with van der Waals surface area (Å²) < 4.78 is 5.19. The second-order valence-corrected chi connectivity index (χ2v) is 6.86. The predicted molar refractivity (Wildman–Crippen MR) is 104 cm³/mol. The number of benzene rings is 1. The Kier molecular flexibility index (Phi) is 12.2. The molecule has 0 spiro atoms. The fourth-order valence-electron chi connectivity index (χ4n) is 2.93. The minimum atomic E-state index is -0.474. The molecule has 0 aromatic heterocycles. The summed E-state index contributed by atoms with van der Waals surface area (Å²) in [4.78, 5) is 21.9. The first kappa shape index (κ1) is 22.1. The number of esters is 1. The number of nitro benzene ring substituents is 1. The van der Waals surface area contributed by atoms with Crippen LogP contribution in [-0.4, -0.2) is 10.9 Å². The van der Waals surface area contributed by atoms with Crippen molar-refractivity contribution in [3.05, 3.63) is 34.4 Å². The van der Waals surface area contributed by atoms with Crippen LogP contribution in [0.3, 0.4) is 0 Å². The SMILES string of the molecule is CCCCCCCCCCCCCCC(=O)Oc1ccc([N+](=O)[O-])cc1. The van der Waals surface area contributed by atoms with Crippen molar-refractivity contribution in [2.45, 2.75) is 90.4 Å². The molecule has 0 aliphatic carbocycles. The molecule has 26 heavy (non-hydrogen) atoms. The van der Waals surface area contributed by atoms with Gasteiger partial charge >= 0.3 is 5.97 Å². The highest BCUT2D eigenvalue weighted by Crippen LogP contribution is 2.18. The third-order valence-corrected chi connectivity index (χ3v) is 4.51. The van der Waals surface area contributed by atoms with E-state index in [-0.39, 0.29) is 11.7 Å². The van der Waals surface area contributed by atoms with Crippen LogP contribution in [0.15, 0.2) is 24.3 Å². The Labute approximate surface area is 157 Å². The maximum absolute atomic E-state index is 11.8. The van der Waals surface area contributed by atoms with Crippen LogP contribution in [0.4, 0.5) is 5.69 Å². The maximum atomic E-state index is 11.8. The number of carbonyl (C=O) groups excluding carboxylic acids is 1. The van der Waals surface area contributed by atoms with Crippen LogP contribution >= 0.6 is 0 Å². The highest BCUT2D eigenvalue weighted by molar-refractivity contribution is 5.72. The molecular weight excluding hydrogens is 330 g/mol. The quantitative estimate of drug-likeness (QED) is 0.116. The summed E-state index contributed by atoms with van der Waals surface area (Å²) >= 11 is 0. The van der Waals surface area contributed by atoms with Gasteiger partial charge in [-0.15, -0.1) is 0 Å². The van der Waals surface area contributed by atoms with Gasteiger partial charge in [0.2, 0.25) is 0 Å². The lowest BCUT2D eigenvalue weighted by molar-refractivity contribution is -0.384. The van der Waals surface area contributed by atoms with Crippen LogP contribution in [-0.2, 0) is 4.79 Å². The van der Waals surface area contributed by atoms with Crippen LogP contribution in [0.2, 0.25) is 0 Å². The molecule has 0 amide bonds. The molecule has 1 aromatic rings. The second-order valence-electron chi connectivity index (χ2n) is 6.86. The van der Waals surface area contributed by atoms with Gasteiger partial charge in [0.25, 0.3) is 5.69 Å². The third-order valence-electron chi connectivity index (χ3n) is 4.51. The van der Waals surface area contributed by atoms with Crippen LogP contribution in [0.1, 0.15) is 90.4 Å².